The number of hydrogen-bond acceptors (Lipinski definition) is 5. The van der Waals surface area contributed by atoms with E-state index in [2.05, 4.69) is 0 Å². The lowest BCUT2D eigenvalue weighted by Crippen LogP contribution is -2.60. The highest BCUT2D eigenvalue weighted by molar-refractivity contribution is 7.89. The molecule has 2 saturated heterocycles. The van der Waals surface area contributed by atoms with Crippen molar-refractivity contribution in [1.82, 2.24) is 8.61 Å². The van der Waals surface area contributed by atoms with Crippen LogP contribution in [-0.2, 0) is 24.8 Å². The van der Waals surface area contributed by atoms with Crippen molar-refractivity contribution in [3.8, 4) is 0 Å². The second-order valence-corrected chi connectivity index (χ2v) is 15.8. The minimum atomic E-state index is -4.12. The van der Waals surface area contributed by atoms with E-state index in [4.69, 9.17) is 11.6 Å². The van der Waals surface area contributed by atoms with Gasteiger partial charge in [-0.2, -0.15) is 8.61 Å². The van der Waals surface area contributed by atoms with Crippen molar-refractivity contribution in [2.75, 3.05) is 6.54 Å². The fourth-order valence-corrected chi connectivity index (χ4v) is 10.1. The van der Waals surface area contributed by atoms with Crippen molar-refractivity contribution in [1.29, 1.82) is 0 Å². The van der Waals surface area contributed by atoms with Crippen molar-refractivity contribution in [2.24, 2.45) is 5.92 Å². The third kappa shape index (κ3) is 5.63. The second kappa shape index (κ2) is 11.9. The molecular weight excluding hydrogens is 616 g/mol. The highest BCUT2D eigenvalue weighted by Gasteiger charge is 2.54. The number of fused-ring (bicyclic) bond motifs is 1. The van der Waals surface area contributed by atoms with Crippen LogP contribution in [0, 0.1) is 19.8 Å². The number of nitrogens with zero attached hydrogens (tertiary/aromatic N) is 2. The smallest absolute Gasteiger partial charge is 0.243 e. The van der Waals surface area contributed by atoms with Gasteiger partial charge < -0.3 is 0 Å². The number of Topliss-reactive ketones (excluding diaryl/α,β-unsaturated/α-hetero) is 1. The van der Waals surface area contributed by atoms with E-state index in [1.807, 2.05) is 44.2 Å². The number of hydrogen-bond donors (Lipinski definition) is 0. The molecule has 0 amide bonds. The number of sulfonamides is 2. The van der Waals surface area contributed by atoms with Crippen LogP contribution in [0.25, 0.3) is 0 Å². The first kappa shape index (κ1) is 30.7. The van der Waals surface area contributed by atoms with E-state index in [0.717, 1.165) is 16.7 Å². The monoisotopic (exact) mass is 648 g/mol. The van der Waals surface area contributed by atoms with Gasteiger partial charge in [0.05, 0.1) is 21.9 Å². The maximum Gasteiger partial charge on any atom is 0.243 e. The zero-order valence-corrected chi connectivity index (χ0v) is 26.8. The predicted octanol–water partition coefficient (Wildman–Crippen LogP) is 6.48. The molecule has 0 aliphatic carbocycles. The number of carbonyl (C=O) groups is 1. The molecule has 4 aromatic carbocycles. The first-order chi connectivity index (χ1) is 21.0. The summed E-state index contributed by atoms with van der Waals surface area (Å²) in [5.74, 6) is -1.01. The molecule has 0 bridgehead atoms. The summed E-state index contributed by atoms with van der Waals surface area (Å²) in [6, 6.07) is 27.2. The minimum absolute atomic E-state index is 0.0810. The van der Waals surface area contributed by atoms with Crippen LogP contribution in [0.5, 0.6) is 0 Å². The van der Waals surface area contributed by atoms with Crippen molar-refractivity contribution < 1.29 is 21.6 Å². The lowest BCUT2D eigenvalue weighted by Gasteiger charge is -2.51. The Morgan fingerprint density at radius 1 is 0.659 bits per heavy atom. The molecule has 44 heavy (non-hydrogen) atoms. The molecule has 0 saturated carbocycles. The molecule has 7 nitrogen and oxygen atoms in total. The summed E-state index contributed by atoms with van der Waals surface area (Å²) in [6.07, 6.45) is 0.0308. The molecule has 0 radical (unpaired) electrons. The fourth-order valence-electron chi connectivity index (χ4n) is 6.43. The van der Waals surface area contributed by atoms with Crippen molar-refractivity contribution in [3.63, 3.8) is 0 Å². The standard InChI is InChI=1S/C34H33ClN2O5S2/c1-23-8-16-28(17-9-23)43(39,40)36-22-30-33(20-31(36)25-6-4-3-5-7-25)37(44(41,42)29-18-10-24(2)11-19-29)32(21-34(30)38)26-12-14-27(35)15-13-26/h3-19,30-33H,20-22H2,1-2H3/t30-,31+,32+,33+/m1/s1. The van der Waals surface area contributed by atoms with Crippen molar-refractivity contribution in [3.05, 3.63) is 130 Å². The summed E-state index contributed by atoms with van der Waals surface area (Å²) in [6.45, 7) is 3.64. The van der Waals surface area contributed by atoms with Crippen LogP contribution in [-0.4, -0.2) is 43.8 Å². The molecule has 0 spiro atoms. The van der Waals surface area contributed by atoms with Gasteiger partial charge in [0.15, 0.2) is 0 Å². The van der Waals surface area contributed by atoms with Crippen molar-refractivity contribution >= 4 is 37.4 Å². The molecule has 0 N–H and O–H groups in total. The molecule has 2 aliphatic rings. The molecule has 228 valence electrons. The Morgan fingerprint density at radius 2 is 1.18 bits per heavy atom. The highest BCUT2D eigenvalue weighted by Crippen LogP contribution is 2.48. The molecule has 4 atom stereocenters. The Kier molecular flexibility index (Phi) is 8.28. The topological polar surface area (TPSA) is 91.8 Å². The van der Waals surface area contributed by atoms with Crippen LogP contribution in [0.15, 0.2) is 113 Å². The Morgan fingerprint density at radius 3 is 1.75 bits per heavy atom. The second-order valence-electron chi connectivity index (χ2n) is 11.6. The number of aryl methyl sites for hydroxylation is 2. The van der Waals surface area contributed by atoms with Gasteiger partial charge in [-0.1, -0.05) is 89.5 Å². The van der Waals surface area contributed by atoms with Crippen LogP contribution in [0.2, 0.25) is 5.02 Å². The van der Waals surface area contributed by atoms with Crippen molar-refractivity contribution in [2.45, 2.75) is 54.6 Å². The quantitative estimate of drug-likeness (QED) is 0.239. The van der Waals surface area contributed by atoms with E-state index in [1.165, 1.54) is 8.61 Å². The maximum atomic E-state index is 14.5. The molecule has 6 rings (SSSR count). The Bertz CT molecular complexity index is 1880. The average molecular weight is 649 g/mol. The van der Waals surface area contributed by atoms with Gasteiger partial charge in [0.25, 0.3) is 0 Å². The van der Waals surface area contributed by atoms with Gasteiger partial charge in [0.2, 0.25) is 20.0 Å². The fraction of sp³-hybridized carbons (Fsp3) is 0.265. The van der Waals surface area contributed by atoms with Crippen LogP contribution in [0.3, 0.4) is 0 Å². The highest BCUT2D eigenvalue weighted by atomic mass is 35.5. The Hall–Kier alpha value is -3.34. The minimum Gasteiger partial charge on any atom is -0.299 e. The summed E-state index contributed by atoms with van der Waals surface area (Å²) in [4.78, 5) is 14.2. The lowest BCUT2D eigenvalue weighted by molar-refractivity contribution is -0.132. The number of rotatable bonds is 6. The first-order valence-electron chi connectivity index (χ1n) is 14.5. The van der Waals surface area contributed by atoms with Crippen LogP contribution in [0.4, 0.5) is 0 Å². The van der Waals surface area contributed by atoms with E-state index in [1.54, 1.807) is 72.8 Å². The third-order valence-corrected chi connectivity index (χ3v) is 12.8. The number of carbonyl (C=O) groups excluding carboxylic acids is 1. The number of benzene rings is 4. The van der Waals surface area contributed by atoms with E-state index in [9.17, 15) is 21.6 Å². The van der Waals surface area contributed by atoms with E-state index < -0.39 is 44.1 Å². The van der Waals surface area contributed by atoms with Gasteiger partial charge in [-0.25, -0.2) is 16.8 Å². The summed E-state index contributed by atoms with van der Waals surface area (Å²) in [5.41, 5.74) is 3.23. The van der Waals surface area contributed by atoms with Gasteiger partial charge >= 0.3 is 0 Å². The van der Waals surface area contributed by atoms with Crippen LogP contribution in [0.1, 0.15) is 47.2 Å². The number of piperidine rings is 2. The van der Waals surface area contributed by atoms with Crippen LogP contribution < -0.4 is 0 Å². The van der Waals surface area contributed by atoms with Gasteiger partial charge in [-0.05, 0) is 67.8 Å². The molecule has 2 aliphatic heterocycles. The van der Waals surface area contributed by atoms with E-state index in [-0.39, 0.29) is 35.0 Å². The van der Waals surface area contributed by atoms with E-state index in [0.29, 0.717) is 10.6 Å². The normalized spacial score (nSPS) is 23.3. The van der Waals surface area contributed by atoms with Gasteiger partial charge in [-0.15, -0.1) is 0 Å². The largest absolute Gasteiger partial charge is 0.299 e. The molecule has 2 heterocycles. The summed E-state index contributed by atoms with van der Waals surface area (Å²) < 4.78 is 60.3. The SMILES string of the molecule is Cc1ccc(S(=O)(=O)N2C[C@H]3C(=O)C[C@@H](c4ccc(Cl)cc4)N(S(=O)(=O)c4ccc(C)cc4)[C@H]3C[C@H]2c2ccccc2)cc1. The number of ketones is 1. The summed E-state index contributed by atoms with van der Waals surface area (Å²) in [5, 5.41) is 0.500. The lowest BCUT2D eigenvalue weighted by atomic mass is 9.77. The Labute approximate surface area is 264 Å². The zero-order chi connectivity index (χ0) is 31.2. The molecule has 10 heteroatoms. The van der Waals surface area contributed by atoms with E-state index >= 15 is 0 Å². The maximum absolute atomic E-state index is 14.5. The molecule has 2 fully saturated rings. The van der Waals surface area contributed by atoms with Gasteiger partial charge in [0, 0.05) is 29.9 Å². The van der Waals surface area contributed by atoms with Crippen LogP contribution >= 0.6 is 11.6 Å². The number of halogens is 1. The predicted molar refractivity (Wildman–Crippen MR) is 170 cm³/mol. The van der Waals surface area contributed by atoms with Gasteiger partial charge in [0.1, 0.15) is 5.78 Å². The summed E-state index contributed by atoms with van der Waals surface area (Å²) in [7, 11) is -8.15. The Balaban J connectivity index is 1.50. The molecular formula is C34H33ClN2O5S2. The zero-order valence-electron chi connectivity index (χ0n) is 24.4. The summed E-state index contributed by atoms with van der Waals surface area (Å²) >= 11 is 6.17. The third-order valence-electron chi connectivity index (χ3n) is 8.76. The first-order valence-corrected chi connectivity index (χ1v) is 17.7. The molecule has 4 aromatic rings. The molecule has 0 unspecified atom stereocenters. The van der Waals surface area contributed by atoms with Gasteiger partial charge in [-0.3, -0.25) is 4.79 Å². The molecule has 0 aromatic heterocycles. The average Bonchev–Trinajstić information content (AvgIpc) is 3.01.